The number of amides is 2. The lowest BCUT2D eigenvalue weighted by atomic mass is 10.1. The Morgan fingerprint density at radius 2 is 1.96 bits per heavy atom. The molecule has 0 spiro atoms. The first kappa shape index (κ1) is 16.3. The fourth-order valence-corrected chi connectivity index (χ4v) is 3.41. The minimum atomic E-state index is -0.975. The minimum absolute atomic E-state index is 0.119. The largest absolute Gasteiger partial charge is 0.497 e. The lowest BCUT2D eigenvalue weighted by molar-refractivity contribution is -0.149. The number of likely N-dealkylation sites (tertiary alicyclic amines) is 1. The highest BCUT2D eigenvalue weighted by Gasteiger charge is 2.42. The van der Waals surface area contributed by atoms with Gasteiger partial charge in [0.05, 0.1) is 13.0 Å². The van der Waals surface area contributed by atoms with Crippen molar-refractivity contribution in [2.45, 2.75) is 25.3 Å². The van der Waals surface area contributed by atoms with Gasteiger partial charge in [-0.3, -0.25) is 9.59 Å². The summed E-state index contributed by atoms with van der Waals surface area (Å²) < 4.78 is 5.10. The van der Waals surface area contributed by atoms with Gasteiger partial charge in [-0.25, -0.2) is 4.79 Å². The van der Waals surface area contributed by atoms with Crippen LogP contribution in [0.15, 0.2) is 24.3 Å². The number of carbonyl (C=O) groups is 3. The number of methoxy groups -OCH3 is 1. The molecule has 2 fully saturated rings. The van der Waals surface area contributed by atoms with Crippen LogP contribution in [0.25, 0.3) is 0 Å². The van der Waals surface area contributed by atoms with Gasteiger partial charge in [-0.2, -0.15) is 0 Å². The molecule has 2 aliphatic heterocycles. The predicted octanol–water partition coefficient (Wildman–Crippen LogP) is 1.12. The van der Waals surface area contributed by atoms with E-state index in [9.17, 15) is 19.5 Å². The second kappa shape index (κ2) is 6.51. The predicted molar refractivity (Wildman–Crippen MR) is 85.8 cm³/mol. The number of benzene rings is 1. The molecule has 0 bridgehead atoms. The molecule has 0 radical (unpaired) electrons. The van der Waals surface area contributed by atoms with E-state index in [0.717, 1.165) is 0 Å². The minimum Gasteiger partial charge on any atom is -0.497 e. The van der Waals surface area contributed by atoms with Crippen molar-refractivity contribution in [2.24, 2.45) is 5.92 Å². The molecule has 2 heterocycles. The van der Waals surface area contributed by atoms with Crippen LogP contribution in [-0.4, -0.2) is 54.0 Å². The van der Waals surface area contributed by atoms with E-state index in [1.807, 2.05) is 0 Å². The average molecular weight is 332 g/mol. The highest BCUT2D eigenvalue weighted by atomic mass is 16.5. The Morgan fingerprint density at radius 3 is 2.58 bits per heavy atom. The number of anilines is 1. The van der Waals surface area contributed by atoms with Crippen molar-refractivity contribution < 1.29 is 24.2 Å². The molecule has 2 atom stereocenters. The molecule has 0 aliphatic carbocycles. The molecule has 2 unspecified atom stereocenters. The molecule has 1 aromatic rings. The van der Waals surface area contributed by atoms with E-state index in [1.54, 1.807) is 36.3 Å². The summed E-state index contributed by atoms with van der Waals surface area (Å²) in [5.74, 6) is -1.12. The highest BCUT2D eigenvalue weighted by molar-refractivity contribution is 6.01. The Kier molecular flexibility index (Phi) is 4.42. The number of hydrogen-bond acceptors (Lipinski definition) is 4. The molecule has 2 amide bonds. The quantitative estimate of drug-likeness (QED) is 0.893. The molecule has 2 aliphatic rings. The fraction of sp³-hybridized carbons (Fsp3) is 0.471. The van der Waals surface area contributed by atoms with Gasteiger partial charge >= 0.3 is 5.97 Å². The Balaban J connectivity index is 1.71. The van der Waals surface area contributed by atoms with Crippen LogP contribution < -0.4 is 9.64 Å². The topological polar surface area (TPSA) is 87.2 Å². The summed E-state index contributed by atoms with van der Waals surface area (Å²) in [5.41, 5.74) is 0.715. The summed E-state index contributed by atoms with van der Waals surface area (Å²) in [4.78, 5) is 39.2. The third kappa shape index (κ3) is 2.93. The van der Waals surface area contributed by atoms with Crippen LogP contribution in [0.1, 0.15) is 19.3 Å². The zero-order chi connectivity index (χ0) is 17.3. The van der Waals surface area contributed by atoms with Crippen LogP contribution in [0.4, 0.5) is 5.69 Å². The first-order valence-electron chi connectivity index (χ1n) is 7.99. The number of nitrogens with zero attached hydrogens (tertiary/aromatic N) is 2. The van der Waals surface area contributed by atoms with Crippen molar-refractivity contribution in [3.63, 3.8) is 0 Å². The lowest BCUT2D eigenvalue weighted by Gasteiger charge is -2.24. The second-order valence-corrected chi connectivity index (χ2v) is 6.13. The average Bonchev–Trinajstić information content (AvgIpc) is 3.21. The Labute approximate surface area is 139 Å². The monoisotopic (exact) mass is 332 g/mol. The zero-order valence-corrected chi connectivity index (χ0v) is 13.5. The Bertz CT molecular complexity index is 657. The van der Waals surface area contributed by atoms with E-state index in [4.69, 9.17) is 4.74 Å². The van der Waals surface area contributed by atoms with Crippen molar-refractivity contribution in [3.05, 3.63) is 24.3 Å². The van der Waals surface area contributed by atoms with E-state index in [1.165, 1.54) is 4.90 Å². The molecular weight excluding hydrogens is 312 g/mol. The normalized spacial score (nSPS) is 23.6. The summed E-state index contributed by atoms with van der Waals surface area (Å²) in [7, 11) is 1.57. The maximum absolute atomic E-state index is 12.6. The summed E-state index contributed by atoms with van der Waals surface area (Å²) in [5, 5.41) is 9.22. The molecule has 0 aromatic heterocycles. The van der Waals surface area contributed by atoms with Gasteiger partial charge < -0.3 is 19.6 Å². The number of hydrogen-bond donors (Lipinski definition) is 1. The summed E-state index contributed by atoms with van der Waals surface area (Å²) >= 11 is 0. The molecule has 7 nitrogen and oxygen atoms in total. The van der Waals surface area contributed by atoms with E-state index in [-0.39, 0.29) is 24.8 Å². The molecule has 128 valence electrons. The van der Waals surface area contributed by atoms with Crippen LogP contribution >= 0.6 is 0 Å². The Hall–Kier alpha value is -2.57. The zero-order valence-electron chi connectivity index (χ0n) is 13.5. The van der Waals surface area contributed by atoms with Gasteiger partial charge in [-0.05, 0) is 37.1 Å². The summed E-state index contributed by atoms with van der Waals surface area (Å²) in [6, 6.07) is 6.32. The van der Waals surface area contributed by atoms with Gasteiger partial charge in [-0.15, -0.1) is 0 Å². The number of carboxylic acids is 1. The van der Waals surface area contributed by atoms with Crippen LogP contribution in [0.2, 0.25) is 0 Å². The number of carboxylic acid groups (broad SMARTS) is 1. The first-order chi connectivity index (χ1) is 11.5. The van der Waals surface area contributed by atoms with Gasteiger partial charge in [0.1, 0.15) is 11.8 Å². The highest BCUT2D eigenvalue weighted by Crippen LogP contribution is 2.29. The van der Waals surface area contributed by atoms with Crippen molar-refractivity contribution >= 4 is 23.5 Å². The van der Waals surface area contributed by atoms with Crippen LogP contribution in [0.5, 0.6) is 5.75 Å². The standard InChI is InChI=1S/C17H20N2O5/c1-24-13-6-4-12(5-7-13)19-10-11(9-15(19)20)16(21)18-8-2-3-14(18)17(22)23/h4-7,11,14H,2-3,8-10H2,1H3,(H,22,23). The lowest BCUT2D eigenvalue weighted by Crippen LogP contribution is -2.44. The first-order valence-corrected chi connectivity index (χ1v) is 7.99. The van der Waals surface area contributed by atoms with Crippen molar-refractivity contribution in [1.29, 1.82) is 0 Å². The summed E-state index contributed by atoms with van der Waals surface area (Å²) in [6.07, 6.45) is 1.28. The van der Waals surface area contributed by atoms with Crippen molar-refractivity contribution in [2.75, 3.05) is 25.1 Å². The van der Waals surface area contributed by atoms with E-state index < -0.39 is 17.9 Å². The van der Waals surface area contributed by atoms with Crippen molar-refractivity contribution in [3.8, 4) is 5.75 Å². The number of aliphatic carboxylic acids is 1. The van der Waals surface area contributed by atoms with E-state index in [2.05, 4.69) is 0 Å². The number of ether oxygens (including phenoxy) is 1. The van der Waals surface area contributed by atoms with Gasteiger partial charge in [0, 0.05) is 25.2 Å². The molecule has 7 heteroatoms. The van der Waals surface area contributed by atoms with Crippen LogP contribution in [-0.2, 0) is 14.4 Å². The smallest absolute Gasteiger partial charge is 0.326 e. The SMILES string of the molecule is COc1ccc(N2CC(C(=O)N3CCCC3C(=O)O)CC2=O)cc1. The molecule has 24 heavy (non-hydrogen) atoms. The van der Waals surface area contributed by atoms with Crippen molar-refractivity contribution in [1.82, 2.24) is 4.90 Å². The van der Waals surface area contributed by atoms with Crippen LogP contribution in [0, 0.1) is 5.92 Å². The van der Waals surface area contributed by atoms with Gasteiger partial charge in [0.15, 0.2) is 0 Å². The number of carbonyl (C=O) groups excluding carboxylic acids is 2. The molecule has 0 saturated carbocycles. The van der Waals surface area contributed by atoms with E-state index >= 15 is 0 Å². The van der Waals surface area contributed by atoms with Crippen LogP contribution in [0.3, 0.4) is 0 Å². The third-order valence-electron chi connectivity index (χ3n) is 4.68. The molecule has 1 aromatic carbocycles. The summed E-state index contributed by atoms with van der Waals surface area (Å²) in [6.45, 7) is 0.732. The maximum Gasteiger partial charge on any atom is 0.326 e. The van der Waals surface area contributed by atoms with Gasteiger partial charge in [0.2, 0.25) is 11.8 Å². The second-order valence-electron chi connectivity index (χ2n) is 6.13. The fourth-order valence-electron chi connectivity index (χ4n) is 3.41. The Morgan fingerprint density at radius 1 is 1.25 bits per heavy atom. The number of rotatable bonds is 4. The molecule has 3 rings (SSSR count). The maximum atomic E-state index is 12.6. The van der Waals surface area contributed by atoms with Gasteiger partial charge in [0.25, 0.3) is 0 Å². The molecule has 1 N–H and O–H groups in total. The third-order valence-corrected chi connectivity index (χ3v) is 4.68. The van der Waals surface area contributed by atoms with E-state index in [0.29, 0.717) is 30.8 Å². The molecule has 2 saturated heterocycles. The molecular formula is C17H20N2O5. The van der Waals surface area contributed by atoms with Gasteiger partial charge in [-0.1, -0.05) is 0 Å².